The summed E-state index contributed by atoms with van der Waals surface area (Å²) in [4.78, 5) is 31.1. The summed E-state index contributed by atoms with van der Waals surface area (Å²) in [6, 6.07) is 8.90. The number of carbonyl (C=O) groups is 2. The fourth-order valence-corrected chi connectivity index (χ4v) is 7.67. The molecule has 2 fully saturated rings. The highest BCUT2D eigenvalue weighted by atomic mass is 35.5. The molecule has 2 aliphatic rings. The zero-order chi connectivity index (χ0) is 31.2. The number of piperidine rings is 2. The molecule has 0 aromatic heterocycles. The minimum Gasteiger partial charge on any atom is -0.341 e. The van der Waals surface area contributed by atoms with Crippen LogP contribution >= 0.6 is 23.2 Å². The van der Waals surface area contributed by atoms with Crippen LogP contribution in [0.3, 0.4) is 0 Å². The van der Waals surface area contributed by atoms with E-state index in [-0.39, 0.29) is 18.4 Å². The predicted octanol–water partition coefficient (Wildman–Crippen LogP) is 6.51. The molecule has 10 heteroatoms. The number of carbonyl (C=O) groups excluding carboxylic acids is 2. The molecule has 0 radical (unpaired) electrons. The van der Waals surface area contributed by atoms with Crippen LogP contribution in [0.2, 0.25) is 10.0 Å². The molecule has 0 aliphatic carbocycles. The third-order valence-electron chi connectivity index (χ3n) is 9.80. The van der Waals surface area contributed by atoms with Gasteiger partial charge in [0.05, 0.1) is 29.7 Å². The first-order valence-corrected chi connectivity index (χ1v) is 16.4. The van der Waals surface area contributed by atoms with Gasteiger partial charge >= 0.3 is 0 Å². The third-order valence-corrected chi connectivity index (χ3v) is 10.5. The van der Waals surface area contributed by atoms with E-state index in [0.29, 0.717) is 29.6 Å². The molecular formula is C33H45Cl2F2N4O2+. The lowest BCUT2D eigenvalue weighted by Crippen LogP contribution is -2.74. The third kappa shape index (κ3) is 7.03. The van der Waals surface area contributed by atoms with Crippen molar-refractivity contribution in [2.75, 3.05) is 59.4 Å². The lowest BCUT2D eigenvalue weighted by molar-refractivity contribution is -0.972. The van der Waals surface area contributed by atoms with Gasteiger partial charge in [-0.2, -0.15) is 0 Å². The van der Waals surface area contributed by atoms with Gasteiger partial charge in [0.1, 0.15) is 17.2 Å². The minimum atomic E-state index is -0.886. The molecule has 1 atom stereocenters. The highest BCUT2D eigenvalue weighted by molar-refractivity contribution is 6.42. The molecule has 43 heavy (non-hydrogen) atoms. The van der Waals surface area contributed by atoms with Crippen LogP contribution < -0.4 is 5.32 Å². The van der Waals surface area contributed by atoms with E-state index >= 15 is 0 Å². The van der Waals surface area contributed by atoms with Gasteiger partial charge in [-0.15, -0.1) is 0 Å². The summed E-state index contributed by atoms with van der Waals surface area (Å²) in [5.74, 6) is -2.44. The molecule has 0 saturated carbocycles. The molecule has 0 spiro atoms. The van der Waals surface area contributed by atoms with Gasteiger partial charge < -0.3 is 19.6 Å². The number of likely N-dealkylation sites (N-methyl/N-ethyl adjacent to an activating group) is 2. The molecule has 2 aromatic carbocycles. The van der Waals surface area contributed by atoms with Crippen molar-refractivity contribution >= 4 is 35.0 Å². The van der Waals surface area contributed by atoms with E-state index in [1.165, 1.54) is 11.0 Å². The Kier molecular flexibility index (Phi) is 11.5. The molecule has 4 rings (SSSR count). The Morgan fingerprint density at radius 2 is 1.60 bits per heavy atom. The second kappa shape index (κ2) is 14.7. The number of quaternary nitrogens is 1. The van der Waals surface area contributed by atoms with Crippen LogP contribution in [-0.2, 0) is 4.79 Å². The summed E-state index contributed by atoms with van der Waals surface area (Å²) in [7, 11) is 1.57. The number of amides is 2. The number of rotatable bonds is 11. The first kappa shape index (κ1) is 33.6. The quantitative estimate of drug-likeness (QED) is 0.286. The first-order chi connectivity index (χ1) is 20.6. The second-order valence-corrected chi connectivity index (χ2v) is 12.9. The number of nitrogens with one attached hydrogen (secondary N) is 1. The second-order valence-electron chi connectivity index (χ2n) is 12.1. The van der Waals surface area contributed by atoms with E-state index in [1.54, 1.807) is 13.1 Å². The average molecular weight is 639 g/mol. The number of hydrogen-bond acceptors (Lipinski definition) is 3. The molecular weight excluding hydrogens is 593 g/mol. The number of likely N-dealkylation sites (tertiary alicyclic amines) is 1. The molecule has 2 aromatic rings. The van der Waals surface area contributed by atoms with Crippen LogP contribution in [0.15, 0.2) is 36.4 Å². The van der Waals surface area contributed by atoms with Crippen molar-refractivity contribution < 1.29 is 22.9 Å². The molecule has 236 valence electrons. The van der Waals surface area contributed by atoms with Crippen LogP contribution in [0.1, 0.15) is 74.2 Å². The topological polar surface area (TPSA) is 52.7 Å². The van der Waals surface area contributed by atoms with Crippen LogP contribution in [0.5, 0.6) is 0 Å². The Hall–Kier alpha value is -2.26. The Morgan fingerprint density at radius 3 is 2.19 bits per heavy atom. The maximum absolute atomic E-state index is 14.5. The van der Waals surface area contributed by atoms with E-state index in [0.717, 1.165) is 87.0 Å². The van der Waals surface area contributed by atoms with E-state index in [2.05, 4.69) is 5.32 Å². The number of benzene rings is 2. The molecule has 2 amide bonds. The van der Waals surface area contributed by atoms with Gasteiger partial charge in [0.15, 0.2) is 5.54 Å². The van der Waals surface area contributed by atoms with Crippen molar-refractivity contribution in [1.29, 1.82) is 0 Å². The summed E-state index contributed by atoms with van der Waals surface area (Å²) in [6.45, 7) is 9.86. The van der Waals surface area contributed by atoms with Gasteiger partial charge in [-0.25, -0.2) is 8.78 Å². The fraction of sp³-hybridized carbons (Fsp3) is 0.576. The zero-order valence-electron chi connectivity index (χ0n) is 25.6. The van der Waals surface area contributed by atoms with Gasteiger partial charge in [0.25, 0.3) is 11.8 Å². The zero-order valence-corrected chi connectivity index (χ0v) is 27.1. The van der Waals surface area contributed by atoms with E-state index in [1.807, 2.05) is 30.9 Å². The van der Waals surface area contributed by atoms with Gasteiger partial charge in [-0.1, -0.05) is 35.3 Å². The van der Waals surface area contributed by atoms with Crippen LogP contribution in [0.25, 0.3) is 0 Å². The summed E-state index contributed by atoms with van der Waals surface area (Å²) in [5.41, 5.74) is -0.179. The molecule has 2 saturated heterocycles. The number of hydrogen-bond donors (Lipinski definition) is 1. The minimum absolute atomic E-state index is 0.196. The van der Waals surface area contributed by atoms with Crippen LogP contribution in [0.4, 0.5) is 8.78 Å². The number of nitrogens with zero attached hydrogens (tertiary/aromatic N) is 3. The fourth-order valence-electron chi connectivity index (χ4n) is 7.36. The predicted molar refractivity (Wildman–Crippen MR) is 169 cm³/mol. The van der Waals surface area contributed by atoms with Crippen molar-refractivity contribution in [2.45, 2.75) is 63.8 Å². The van der Waals surface area contributed by atoms with E-state index in [9.17, 15) is 18.4 Å². The largest absolute Gasteiger partial charge is 0.341 e. The van der Waals surface area contributed by atoms with Gasteiger partial charge in [-0.05, 0) is 62.9 Å². The van der Waals surface area contributed by atoms with E-state index < -0.39 is 28.6 Å². The summed E-state index contributed by atoms with van der Waals surface area (Å²) < 4.78 is 29.8. The monoisotopic (exact) mass is 637 g/mol. The van der Waals surface area contributed by atoms with Gasteiger partial charge in [0, 0.05) is 65.0 Å². The molecule has 6 nitrogen and oxygen atoms in total. The maximum atomic E-state index is 14.5. The SMILES string of the molecule is CCN(CC)C(=O)C1([N+]2(CCC(CN(C)C(=O)c3c(F)cccc3F)c3ccc(Cl)c(Cl)c3)CCCCC2)CCNCC1. The van der Waals surface area contributed by atoms with Crippen molar-refractivity contribution in [2.24, 2.45) is 0 Å². The van der Waals surface area contributed by atoms with Crippen molar-refractivity contribution in [3.05, 3.63) is 69.2 Å². The normalized spacial score (nSPS) is 18.6. The lowest BCUT2D eigenvalue weighted by atomic mass is 9.79. The maximum Gasteiger partial charge on any atom is 0.284 e. The van der Waals surface area contributed by atoms with Crippen LogP contribution in [-0.4, -0.2) is 91.0 Å². The summed E-state index contributed by atoms with van der Waals surface area (Å²) in [5, 5.41) is 4.32. The Balaban J connectivity index is 1.69. The standard InChI is InChI=1S/C33H45Cl2F2N4O2/c1-4-40(5-2)32(43)33(15-17-38-18-16-33)41(19-7-6-8-20-41)21-14-25(24-12-13-26(34)27(35)22-24)23-39(3)31(42)30-28(36)10-9-11-29(30)37/h9-13,22,25,38H,4-8,14-21,23H2,1-3H3/q+1. The first-order valence-electron chi connectivity index (χ1n) is 15.6. The van der Waals surface area contributed by atoms with E-state index in [4.69, 9.17) is 23.2 Å². The Labute approximate surface area is 264 Å². The smallest absolute Gasteiger partial charge is 0.284 e. The van der Waals surface area contributed by atoms with Crippen molar-refractivity contribution in [3.8, 4) is 0 Å². The average Bonchev–Trinajstić information content (AvgIpc) is 3.01. The summed E-state index contributed by atoms with van der Waals surface area (Å²) >= 11 is 12.7. The highest BCUT2D eigenvalue weighted by Gasteiger charge is 2.58. The Bertz CT molecular complexity index is 1260. The molecule has 2 aliphatic heterocycles. The molecule has 1 N–H and O–H groups in total. The van der Waals surface area contributed by atoms with Gasteiger partial charge in [0.2, 0.25) is 0 Å². The lowest BCUT2D eigenvalue weighted by Gasteiger charge is -2.57. The number of halogens is 4. The Morgan fingerprint density at radius 1 is 0.977 bits per heavy atom. The van der Waals surface area contributed by atoms with Crippen molar-refractivity contribution in [3.63, 3.8) is 0 Å². The van der Waals surface area contributed by atoms with Crippen LogP contribution in [0, 0.1) is 11.6 Å². The van der Waals surface area contributed by atoms with Crippen molar-refractivity contribution in [1.82, 2.24) is 15.1 Å². The molecule has 0 bridgehead atoms. The molecule has 1 unspecified atom stereocenters. The van der Waals surface area contributed by atoms with Gasteiger partial charge in [-0.3, -0.25) is 9.59 Å². The molecule has 2 heterocycles. The summed E-state index contributed by atoms with van der Waals surface area (Å²) in [6.07, 6.45) is 5.49. The highest BCUT2D eigenvalue weighted by Crippen LogP contribution is 2.41.